The zero-order valence-electron chi connectivity index (χ0n) is 20.2. The van der Waals surface area contributed by atoms with Crippen LogP contribution >= 0.6 is 30.3 Å². The van der Waals surface area contributed by atoms with Crippen molar-refractivity contribution in [1.29, 1.82) is 0 Å². The largest absolute Gasteiger partial charge is 0.466 e. The molecule has 3 saturated carbocycles. The number of ether oxygens (including phenoxy) is 1. The third-order valence-corrected chi connectivity index (χ3v) is 9.42. The first-order valence-corrected chi connectivity index (χ1v) is 15.8. The van der Waals surface area contributed by atoms with Gasteiger partial charge in [-0.1, -0.05) is 6.58 Å². The molecule has 192 valence electrons. The minimum Gasteiger partial charge on any atom is -0.466 e. The molecule has 4 aromatic rings. The van der Waals surface area contributed by atoms with E-state index in [9.17, 15) is 9.18 Å². The Morgan fingerprint density at radius 2 is 2.11 bits per heavy atom. The summed E-state index contributed by atoms with van der Waals surface area (Å²) in [5, 5.41) is 9.11. The predicted octanol–water partition coefficient (Wildman–Crippen LogP) is 6.15. The SMILES string of the molecule is C=Cc1ccc2c(N[C@H]3C4CCC(CC4)[C@@H]3C(=O)OCC)nc(-c3cn(SI)c4ncc(F)cc34)nn12. The lowest BCUT2D eigenvalue weighted by Gasteiger charge is -2.47. The molecule has 0 saturated heterocycles. The molecule has 3 fully saturated rings. The fraction of sp³-hybridized carbons (Fsp3) is 0.385. The molecule has 4 heterocycles. The van der Waals surface area contributed by atoms with Crippen LogP contribution in [0.1, 0.15) is 38.3 Å². The van der Waals surface area contributed by atoms with Gasteiger partial charge in [0.25, 0.3) is 0 Å². The van der Waals surface area contributed by atoms with Crippen molar-refractivity contribution in [3.8, 4) is 11.4 Å². The summed E-state index contributed by atoms with van der Waals surface area (Å²) in [6, 6.07) is 5.27. The molecule has 0 aliphatic heterocycles. The molecule has 3 aliphatic carbocycles. The maximum atomic E-state index is 14.2. The number of aromatic nitrogens is 5. The van der Waals surface area contributed by atoms with Crippen molar-refractivity contribution in [3.63, 3.8) is 0 Å². The first-order chi connectivity index (χ1) is 18.0. The summed E-state index contributed by atoms with van der Waals surface area (Å²) >= 11 is 2.17. The Labute approximate surface area is 229 Å². The molecule has 0 radical (unpaired) electrons. The van der Waals surface area contributed by atoms with Gasteiger partial charge in [-0.25, -0.2) is 18.9 Å². The van der Waals surface area contributed by atoms with Crippen molar-refractivity contribution >= 4 is 64.7 Å². The summed E-state index contributed by atoms with van der Waals surface area (Å²) in [7, 11) is 1.44. The fourth-order valence-electron chi connectivity index (χ4n) is 6.07. The minimum atomic E-state index is -0.423. The topological polar surface area (TPSA) is 86.3 Å². The Morgan fingerprint density at radius 3 is 2.84 bits per heavy atom. The number of nitrogens with one attached hydrogen (secondary N) is 1. The Kier molecular flexibility index (Phi) is 6.59. The smallest absolute Gasteiger partial charge is 0.311 e. The Balaban J connectivity index is 1.50. The van der Waals surface area contributed by atoms with Gasteiger partial charge in [0.05, 0.1) is 24.4 Å². The van der Waals surface area contributed by atoms with Crippen LogP contribution in [0.25, 0.3) is 34.0 Å². The summed E-state index contributed by atoms with van der Waals surface area (Å²) in [5.41, 5.74) is 2.91. The van der Waals surface area contributed by atoms with Crippen molar-refractivity contribution in [2.45, 2.75) is 38.6 Å². The second-order valence-corrected chi connectivity index (χ2v) is 11.3. The van der Waals surface area contributed by atoms with E-state index in [1.807, 2.05) is 29.2 Å². The normalized spacial score (nSPS) is 23.0. The van der Waals surface area contributed by atoms with Crippen LogP contribution in [0, 0.1) is 23.6 Å². The number of rotatable bonds is 7. The molecular formula is C26H26FIN6O2S. The Bertz CT molecular complexity index is 1510. The van der Waals surface area contributed by atoms with Crippen LogP contribution in [0.5, 0.6) is 0 Å². The summed E-state index contributed by atoms with van der Waals surface area (Å²) in [6.45, 7) is 6.15. The number of esters is 1. The maximum absolute atomic E-state index is 14.2. The second kappa shape index (κ2) is 9.90. The Morgan fingerprint density at radius 1 is 1.32 bits per heavy atom. The van der Waals surface area contributed by atoms with Crippen molar-refractivity contribution in [1.82, 2.24) is 23.6 Å². The molecule has 37 heavy (non-hydrogen) atoms. The molecule has 2 bridgehead atoms. The molecule has 11 heteroatoms. The molecule has 0 aromatic carbocycles. The predicted molar refractivity (Wildman–Crippen MR) is 152 cm³/mol. The van der Waals surface area contributed by atoms with Gasteiger partial charge in [0, 0.05) is 53.5 Å². The van der Waals surface area contributed by atoms with Gasteiger partial charge in [-0.2, -0.15) is 0 Å². The van der Waals surface area contributed by atoms with E-state index in [1.165, 1.54) is 21.4 Å². The van der Waals surface area contributed by atoms with E-state index in [-0.39, 0.29) is 17.9 Å². The minimum absolute atomic E-state index is 0.0782. The highest BCUT2D eigenvalue weighted by atomic mass is 127. The number of halogens is 2. The van der Waals surface area contributed by atoms with E-state index in [0.717, 1.165) is 36.9 Å². The molecule has 0 amide bonds. The van der Waals surface area contributed by atoms with Crippen molar-refractivity contribution in [2.75, 3.05) is 11.9 Å². The lowest BCUT2D eigenvalue weighted by molar-refractivity contribution is -0.154. The van der Waals surface area contributed by atoms with Crippen LogP contribution in [0.15, 0.2) is 37.2 Å². The van der Waals surface area contributed by atoms with Crippen molar-refractivity contribution in [3.05, 3.63) is 48.7 Å². The first-order valence-electron chi connectivity index (χ1n) is 12.4. The monoisotopic (exact) mass is 632 g/mol. The Hall–Kier alpha value is -2.67. The van der Waals surface area contributed by atoms with Gasteiger partial charge in [0.1, 0.15) is 11.3 Å². The zero-order valence-corrected chi connectivity index (χ0v) is 23.2. The summed E-state index contributed by atoms with van der Waals surface area (Å²) in [4.78, 5) is 22.3. The van der Waals surface area contributed by atoms with E-state index < -0.39 is 5.82 Å². The van der Waals surface area contributed by atoms with Gasteiger partial charge >= 0.3 is 5.97 Å². The highest BCUT2D eigenvalue weighted by Crippen LogP contribution is 2.47. The molecule has 4 aromatic heterocycles. The lowest BCUT2D eigenvalue weighted by Crippen LogP contribution is -2.52. The average molecular weight is 633 g/mol. The molecule has 7 rings (SSSR count). The van der Waals surface area contributed by atoms with Crippen LogP contribution < -0.4 is 5.32 Å². The van der Waals surface area contributed by atoms with Gasteiger partial charge in [-0.3, -0.25) is 8.77 Å². The summed E-state index contributed by atoms with van der Waals surface area (Å²) < 4.78 is 23.4. The standard InChI is InChI=1S/C26H26FIN6O2S/c1-3-17-9-10-20-24(30-22-15-7-5-14(6-8-15)21(22)26(35)36-4-2)31-23(32-34(17)20)19-13-33(37-28)25-18(19)11-16(27)12-29-25/h3,9-15,21-22H,1,4-8H2,2H3,(H,30,31,32)/t14?,15?,21-,22-/m0/s1. The number of hydrogen-bond donors (Lipinski definition) is 1. The fourth-order valence-corrected chi connectivity index (χ4v) is 7.32. The average Bonchev–Trinajstić information content (AvgIpc) is 3.50. The van der Waals surface area contributed by atoms with Crippen LogP contribution in [-0.4, -0.2) is 42.2 Å². The lowest BCUT2D eigenvalue weighted by atomic mass is 9.61. The van der Waals surface area contributed by atoms with Gasteiger partial charge in [0.2, 0.25) is 0 Å². The molecule has 0 spiro atoms. The van der Waals surface area contributed by atoms with Crippen molar-refractivity contribution in [2.24, 2.45) is 17.8 Å². The van der Waals surface area contributed by atoms with Gasteiger partial charge in [-0.05, 0) is 68.7 Å². The number of anilines is 1. The highest BCUT2D eigenvalue weighted by molar-refractivity contribution is 14.2. The molecule has 1 N–H and O–H groups in total. The number of carbonyl (C=O) groups is 1. The summed E-state index contributed by atoms with van der Waals surface area (Å²) in [5.74, 6) is 0.972. The second-order valence-electron chi connectivity index (χ2n) is 9.63. The van der Waals surface area contributed by atoms with E-state index >= 15 is 0 Å². The van der Waals surface area contributed by atoms with E-state index in [1.54, 1.807) is 10.6 Å². The molecule has 0 unspecified atom stereocenters. The first kappa shape index (κ1) is 24.7. The molecule has 8 nitrogen and oxygen atoms in total. The van der Waals surface area contributed by atoms with Crippen LogP contribution in [0.2, 0.25) is 0 Å². The van der Waals surface area contributed by atoms with E-state index in [0.29, 0.717) is 46.7 Å². The van der Waals surface area contributed by atoms with E-state index in [4.69, 9.17) is 14.8 Å². The maximum Gasteiger partial charge on any atom is 0.311 e. The number of fused-ring (bicyclic) bond motifs is 5. The number of pyridine rings is 1. The van der Waals surface area contributed by atoms with Crippen molar-refractivity contribution < 1.29 is 13.9 Å². The number of carbonyl (C=O) groups excluding carboxylic acids is 1. The van der Waals surface area contributed by atoms with Crippen LogP contribution in [-0.2, 0) is 9.53 Å². The molecule has 3 aliphatic rings. The number of nitrogens with zero attached hydrogens (tertiary/aromatic N) is 5. The summed E-state index contributed by atoms with van der Waals surface area (Å²) in [6.07, 6.45) is 9.08. The molecule has 2 atom stereocenters. The third-order valence-electron chi connectivity index (χ3n) is 7.72. The van der Waals surface area contributed by atoms with E-state index in [2.05, 4.69) is 38.1 Å². The zero-order chi connectivity index (χ0) is 25.7. The third kappa shape index (κ3) is 4.19. The molecular weight excluding hydrogens is 606 g/mol. The van der Waals surface area contributed by atoms with Gasteiger partial charge in [-0.15, -0.1) is 5.10 Å². The quantitative estimate of drug-likeness (QED) is 0.193. The van der Waals surface area contributed by atoms with Crippen LogP contribution in [0.3, 0.4) is 0 Å². The number of hydrogen-bond acceptors (Lipinski definition) is 7. The van der Waals surface area contributed by atoms with Gasteiger partial charge < -0.3 is 10.1 Å². The highest BCUT2D eigenvalue weighted by Gasteiger charge is 2.48. The van der Waals surface area contributed by atoms with Crippen LogP contribution in [0.4, 0.5) is 10.2 Å². The van der Waals surface area contributed by atoms with Gasteiger partial charge in [0.15, 0.2) is 17.3 Å².